The van der Waals surface area contributed by atoms with Crippen LogP contribution in [0.15, 0.2) is 18.2 Å². The van der Waals surface area contributed by atoms with E-state index in [9.17, 15) is 9.59 Å². The summed E-state index contributed by atoms with van der Waals surface area (Å²) in [6.07, 6.45) is 0.113. The summed E-state index contributed by atoms with van der Waals surface area (Å²) in [7, 11) is 3.22. The van der Waals surface area contributed by atoms with Crippen molar-refractivity contribution in [3.05, 3.63) is 23.8 Å². The molecule has 1 heterocycles. The first-order valence-electron chi connectivity index (χ1n) is 11.5. The first-order chi connectivity index (χ1) is 15.8. The number of methoxy groups -OCH3 is 2. The first-order valence-corrected chi connectivity index (χ1v) is 11.5. The molecule has 0 bridgehead atoms. The highest BCUT2D eigenvalue weighted by atomic mass is 16.6. The molecule has 1 aromatic rings. The fraction of sp³-hybridized carbons (Fsp3) is 0.667. The zero-order valence-corrected chi connectivity index (χ0v) is 20.7. The van der Waals surface area contributed by atoms with Crippen LogP contribution in [0.4, 0.5) is 4.79 Å². The molecule has 0 saturated carbocycles. The van der Waals surface area contributed by atoms with Gasteiger partial charge in [-0.1, -0.05) is 0 Å². The Labute approximate surface area is 197 Å². The summed E-state index contributed by atoms with van der Waals surface area (Å²) >= 11 is 0. The van der Waals surface area contributed by atoms with Crippen molar-refractivity contribution < 1.29 is 28.5 Å². The zero-order chi connectivity index (χ0) is 24.4. The van der Waals surface area contributed by atoms with E-state index in [1.807, 2.05) is 32.6 Å². The summed E-state index contributed by atoms with van der Waals surface area (Å²) in [4.78, 5) is 27.4. The van der Waals surface area contributed by atoms with Gasteiger partial charge >= 0.3 is 6.09 Å². The first kappa shape index (κ1) is 26.7. The summed E-state index contributed by atoms with van der Waals surface area (Å²) in [5.74, 6) is 1.08. The molecule has 9 heteroatoms. The van der Waals surface area contributed by atoms with Gasteiger partial charge in [0.25, 0.3) is 5.91 Å². The van der Waals surface area contributed by atoms with Crippen molar-refractivity contribution >= 4 is 12.0 Å². The second kappa shape index (κ2) is 13.3. The minimum absolute atomic E-state index is 0.0189. The van der Waals surface area contributed by atoms with Crippen LogP contribution in [0.1, 0.15) is 44.5 Å². The van der Waals surface area contributed by atoms with E-state index in [0.29, 0.717) is 49.9 Å². The third kappa shape index (κ3) is 8.08. The molecule has 2 rings (SSSR count). The molecule has 1 aliphatic rings. The molecular weight excluding hydrogens is 426 g/mol. The molecule has 2 N–H and O–H groups in total. The lowest BCUT2D eigenvalue weighted by molar-refractivity contribution is 0.0665. The maximum absolute atomic E-state index is 13.5. The fourth-order valence-electron chi connectivity index (χ4n) is 3.75. The maximum atomic E-state index is 13.5. The van der Waals surface area contributed by atoms with Gasteiger partial charge in [-0.2, -0.15) is 0 Å². The third-order valence-corrected chi connectivity index (χ3v) is 5.46. The molecule has 9 nitrogen and oxygen atoms in total. The van der Waals surface area contributed by atoms with Gasteiger partial charge in [0, 0.05) is 57.3 Å². The Bertz CT molecular complexity index is 771. The van der Waals surface area contributed by atoms with Crippen LogP contribution >= 0.6 is 0 Å². The summed E-state index contributed by atoms with van der Waals surface area (Å²) in [6.45, 7) is 10.5. The van der Waals surface area contributed by atoms with Crippen LogP contribution in [0, 0.1) is 5.92 Å². The monoisotopic (exact) mass is 465 g/mol. The summed E-state index contributed by atoms with van der Waals surface area (Å²) in [6, 6.07) is 5.10. The van der Waals surface area contributed by atoms with Gasteiger partial charge in [-0.15, -0.1) is 0 Å². The van der Waals surface area contributed by atoms with Crippen LogP contribution in [0.3, 0.4) is 0 Å². The molecule has 33 heavy (non-hydrogen) atoms. The number of amides is 2. The number of nitrogens with zero attached hydrogens (tertiary/aromatic N) is 1. The lowest BCUT2D eigenvalue weighted by atomic mass is 10.0. The fourth-order valence-corrected chi connectivity index (χ4v) is 3.75. The molecule has 186 valence electrons. The topological polar surface area (TPSA) is 98.4 Å². The Morgan fingerprint density at radius 1 is 1.12 bits per heavy atom. The molecule has 0 unspecified atom stereocenters. The molecule has 1 aromatic carbocycles. The SMILES string of the molecule is COCCCOc1cc(C(=O)N(C[C@@H]2CNC[C@H]2NC(=O)OC(C)C)C(C)C)ccc1OC. The minimum atomic E-state index is -0.434. The van der Waals surface area contributed by atoms with E-state index in [1.54, 1.807) is 32.4 Å². The van der Waals surface area contributed by atoms with E-state index >= 15 is 0 Å². The number of ether oxygens (including phenoxy) is 4. The van der Waals surface area contributed by atoms with E-state index in [4.69, 9.17) is 18.9 Å². The van der Waals surface area contributed by atoms with E-state index in [-0.39, 0.29) is 30.0 Å². The quantitative estimate of drug-likeness (QED) is 0.458. The molecule has 0 radical (unpaired) electrons. The Hall–Kier alpha value is -2.52. The van der Waals surface area contributed by atoms with Crippen molar-refractivity contribution in [2.24, 2.45) is 5.92 Å². The minimum Gasteiger partial charge on any atom is -0.493 e. The van der Waals surface area contributed by atoms with Crippen molar-refractivity contribution in [2.45, 2.75) is 52.3 Å². The van der Waals surface area contributed by atoms with E-state index in [0.717, 1.165) is 6.42 Å². The van der Waals surface area contributed by atoms with Crippen LogP contribution < -0.4 is 20.1 Å². The van der Waals surface area contributed by atoms with Crippen LogP contribution in [0.5, 0.6) is 11.5 Å². The molecule has 1 fully saturated rings. The summed E-state index contributed by atoms with van der Waals surface area (Å²) < 4.78 is 21.5. The molecule has 2 amide bonds. The van der Waals surface area contributed by atoms with E-state index in [1.165, 1.54) is 0 Å². The Kier molecular flexibility index (Phi) is 10.7. The Morgan fingerprint density at radius 3 is 2.52 bits per heavy atom. The Balaban J connectivity index is 2.11. The van der Waals surface area contributed by atoms with Crippen molar-refractivity contribution in [3.63, 3.8) is 0 Å². The number of nitrogens with one attached hydrogen (secondary N) is 2. The standard InChI is InChI=1S/C24H39N3O6/c1-16(2)27(15-19-13-25-14-20(19)26-24(29)33-17(3)4)23(28)18-8-9-21(31-6)22(12-18)32-11-7-10-30-5/h8-9,12,16-17,19-20,25H,7,10-11,13-15H2,1-6H3,(H,26,29)/t19-,20+/m0/s1. The smallest absolute Gasteiger partial charge is 0.407 e. The molecule has 1 saturated heterocycles. The predicted molar refractivity (Wildman–Crippen MR) is 126 cm³/mol. The molecule has 1 aliphatic heterocycles. The number of carbonyl (C=O) groups excluding carboxylic acids is 2. The van der Waals surface area contributed by atoms with Gasteiger partial charge in [-0.05, 0) is 45.9 Å². The van der Waals surface area contributed by atoms with Crippen LogP contribution in [0.25, 0.3) is 0 Å². The summed E-state index contributed by atoms with van der Waals surface area (Å²) in [5.41, 5.74) is 0.529. The van der Waals surface area contributed by atoms with Gasteiger partial charge in [-0.3, -0.25) is 4.79 Å². The van der Waals surface area contributed by atoms with E-state index in [2.05, 4.69) is 10.6 Å². The van der Waals surface area contributed by atoms with Crippen molar-refractivity contribution in [2.75, 3.05) is 47.1 Å². The lowest BCUT2D eigenvalue weighted by Crippen LogP contribution is -2.48. The molecule has 2 atom stereocenters. The highest BCUT2D eigenvalue weighted by Gasteiger charge is 2.33. The average Bonchev–Trinajstić information content (AvgIpc) is 3.20. The number of alkyl carbamates (subject to hydrolysis) is 1. The van der Waals surface area contributed by atoms with Gasteiger partial charge in [0.15, 0.2) is 11.5 Å². The highest BCUT2D eigenvalue weighted by Crippen LogP contribution is 2.29. The van der Waals surface area contributed by atoms with Gasteiger partial charge < -0.3 is 34.5 Å². The van der Waals surface area contributed by atoms with E-state index < -0.39 is 6.09 Å². The Morgan fingerprint density at radius 2 is 1.88 bits per heavy atom. The van der Waals surface area contributed by atoms with Crippen LogP contribution in [-0.4, -0.2) is 82.2 Å². The zero-order valence-electron chi connectivity index (χ0n) is 20.7. The van der Waals surface area contributed by atoms with Crippen LogP contribution in [0.2, 0.25) is 0 Å². The van der Waals surface area contributed by atoms with Crippen molar-refractivity contribution in [1.82, 2.24) is 15.5 Å². The van der Waals surface area contributed by atoms with Crippen LogP contribution in [-0.2, 0) is 9.47 Å². The largest absolute Gasteiger partial charge is 0.493 e. The van der Waals surface area contributed by atoms with Gasteiger partial charge in [-0.25, -0.2) is 4.79 Å². The molecular formula is C24H39N3O6. The second-order valence-electron chi connectivity index (χ2n) is 8.73. The van der Waals surface area contributed by atoms with Crippen molar-refractivity contribution in [1.29, 1.82) is 0 Å². The lowest BCUT2D eigenvalue weighted by Gasteiger charge is -2.32. The van der Waals surface area contributed by atoms with Gasteiger partial charge in [0.1, 0.15) is 0 Å². The number of carbonyl (C=O) groups is 2. The molecule has 0 spiro atoms. The maximum Gasteiger partial charge on any atom is 0.407 e. The normalized spacial score (nSPS) is 17.8. The highest BCUT2D eigenvalue weighted by molar-refractivity contribution is 5.95. The average molecular weight is 466 g/mol. The van der Waals surface area contributed by atoms with Crippen molar-refractivity contribution in [3.8, 4) is 11.5 Å². The third-order valence-electron chi connectivity index (χ3n) is 5.46. The summed E-state index contributed by atoms with van der Waals surface area (Å²) in [5, 5.41) is 6.24. The number of benzene rings is 1. The van der Waals surface area contributed by atoms with Gasteiger partial charge in [0.05, 0.1) is 25.9 Å². The second-order valence-corrected chi connectivity index (χ2v) is 8.73. The molecule has 0 aliphatic carbocycles. The van der Waals surface area contributed by atoms with Gasteiger partial charge in [0.2, 0.25) is 0 Å². The number of hydrogen-bond acceptors (Lipinski definition) is 7. The number of rotatable bonds is 12. The predicted octanol–water partition coefficient (Wildman–Crippen LogP) is 2.68. The molecule has 0 aromatic heterocycles. The number of hydrogen-bond donors (Lipinski definition) is 2.